The van der Waals surface area contributed by atoms with E-state index in [0.717, 1.165) is 79.3 Å². The standard InChI is InChI=1S/C101H88N2O4S2/c1-6-72-28-32-74(33-29-72)69-108-89-57-44-79(45-58-89)100(78-40-53-87(54-41-78)106-66-64-104-8-3)95-26-18-16-24-91(95)93-61-52-86(68-97(93)100)102(82-20-12-10-13-21-82)84-48-36-76(37-49-84)77-38-50-85(51-39-77)103(83-22-14-11-15-23-83)98-63-62-94-92-25-17-19-27-96(92)101(99(94)71(98)5,80-42-55-88(56-43-80)107-67-65-105-9-4)81-46-59-90(60-47-81)109-70-75-34-30-73(7-2)31-35-75/h6-7,10-63,68,71,98H,1-2,8-9,64-67,69-70H2,3-5H3. The molecule has 0 heterocycles. The summed E-state index contributed by atoms with van der Waals surface area (Å²) in [5, 5.41) is 0. The Morgan fingerprint density at radius 1 is 0.385 bits per heavy atom. The Labute approximate surface area is 651 Å². The van der Waals surface area contributed by atoms with Crippen LogP contribution in [0.5, 0.6) is 11.5 Å². The van der Waals surface area contributed by atoms with E-state index in [4.69, 9.17) is 18.9 Å². The first-order valence-electron chi connectivity index (χ1n) is 38.0. The van der Waals surface area contributed by atoms with Crippen molar-refractivity contribution >= 4 is 69.7 Å². The molecule has 16 rings (SSSR count). The lowest BCUT2D eigenvalue weighted by atomic mass is 9.62. The topological polar surface area (TPSA) is 43.4 Å². The van der Waals surface area contributed by atoms with Gasteiger partial charge in [0.25, 0.3) is 0 Å². The van der Waals surface area contributed by atoms with Crippen LogP contribution in [-0.2, 0) is 31.8 Å². The molecular formula is C101H88N2O4S2. The van der Waals surface area contributed by atoms with Gasteiger partial charge in [-0.1, -0.05) is 257 Å². The van der Waals surface area contributed by atoms with E-state index in [1.54, 1.807) is 0 Å². The summed E-state index contributed by atoms with van der Waals surface area (Å²) in [7, 11) is 0. The van der Waals surface area contributed by atoms with Crippen LogP contribution < -0.4 is 19.3 Å². The molecule has 109 heavy (non-hydrogen) atoms. The van der Waals surface area contributed by atoms with E-state index in [-0.39, 0.29) is 12.0 Å². The van der Waals surface area contributed by atoms with Gasteiger partial charge in [-0.05, 0) is 223 Å². The molecule has 4 atom stereocenters. The zero-order chi connectivity index (χ0) is 74.1. The van der Waals surface area contributed by atoms with Gasteiger partial charge in [-0.2, -0.15) is 0 Å². The zero-order valence-electron chi connectivity index (χ0n) is 62.0. The number of allylic oxidation sites excluding steroid dienone is 2. The summed E-state index contributed by atoms with van der Waals surface area (Å²) in [6.07, 6.45) is 8.66. The molecule has 0 saturated carbocycles. The highest BCUT2D eigenvalue weighted by Gasteiger charge is 2.52. The smallest absolute Gasteiger partial charge is 0.119 e. The van der Waals surface area contributed by atoms with Gasteiger partial charge in [0.15, 0.2) is 0 Å². The molecule has 0 N–H and O–H groups in total. The maximum Gasteiger partial charge on any atom is 0.119 e. The van der Waals surface area contributed by atoms with Crippen LogP contribution in [0.15, 0.2) is 362 Å². The SMILES string of the molecule is C=Cc1ccc(CSc2ccc(C3(c4ccc(OCCOCC)cc4)C4=C(C=CC(N(c5ccccc5)c5ccc(-c6ccc(N(c7ccccc7)c7ccc8c(c7)C(c7ccc(OCCOCC)cc7)(c7ccc(SCc9ccc(C=C)cc9)cc7)c7ccccc7-8)cc6)cc5)C4C)c4ccccc43)cc2)cc1. The highest BCUT2D eigenvalue weighted by atomic mass is 32.2. The van der Waals surface area contributed by atoms with E-state index in [9.17, 15) is 0 Å². The number of nitrogens with zero attached hydrogens (tertiary/aromatic N) is 2. The van der Waals surface area contributed by atoms with Crippen molar-refractivity contribution in [1.82, 2.24) is 0 Å². The molecule has 13 aromatic carbocycles. The van der Waals surface area contributed by atoms with Crippen LogP contribution in [0.4, 0.5) is 28.4 Å². The first kappa shape index (κ1) is 71.9. The lowest BCUT2D eigenvalue weighted by Gasteiger charge is -2.44. The van der Waals surface area contributed by atoms with Crippen LogP contribution in [0.25, 0.3) is 40.0 Å². The van der Waals surface area contributed by atoms with Gasteiger partial charge in [0.05, 0.1) is 30.1 Å². The molecule has 0 aromatic heterocycles. The van der Waals surface area contributed by atoms with Gasteiger partial charge in [-0.25, -0.2) is 0 Å². The van der Waals surface area contributed by atoms with Crippen molar-refractivity contribution < 1.29 is 18.9 Å². The Hall–Kier alpha value is -11.4. The number of fused-ring (bicyclic) bond motifs is 5. The predicted octanol–water partition coefficient (Wildman–Crippen LogP) is 25.4. The van der Waals surface area contributed by atoms with Crippen LogP contribution in [0, 0.1) is 5.92 Å². The van der Waals surface area contributed by atoms with Crippen molar-refractivity contribution in [2.75, 3.05) is 49.4 Å². The summed E-state index contributed by atoms with van der Waals surface area (Å²) in [6, 6.07) is 119. The number of para-hydroxylation sites is 2. The molecule has 4 unspecified atom stereocenters. The molecular weight excluding hydrogens is 1370 g/mol. The minimum atomic E-state index is -0.678. The van der Waals surface area contributed by atoms with Crippen molar-refractivity contribution in [3.8, 4) is 33.8 Å². The number of anilines is 5. The molecule has 13 aromatic rings. The summed E-state index contributed by atoms with van der Waals surface area (Å²) in [5.74, 6) is 3.40. The second-order valence-electron chi connectivity index (χ2n) is 27.9. The second-order valence-corrected chi connectivity index (χ2v) is 30.0. The average molecular weight is 1460 g/mol. The van der Waals surface area contributed by atoms with E-state index >= 15 is 0 Å². The van der Waals surface area contributed by atoms with Crippen molar-refractivity contribution in [1.29, 1.82) is 0 Å². The van der Waals surface area contributed by atoms with Crippen molar-refractivity contribution in [2.24, 2.45) is 5.92 Å². The Balaban J connectivity index is 0.731. The number of rotatable bonds is 29. The minimum absolute atomic E-state index is 0.0238. The molecule has 0 bridgehead atoms. The number of ether oxygens (including phenoxy) is 4. The van der Waals surface area contributed by atoms with Crippen LogP contribution in [-0.4, -0.2) is 45.7 Å². The molecule has 3 aliphatic rings. The fraction of sp³-hybridized carbons (Fsp3) is 0.149. The molecule has 0 fully saturated rings. The summed E-state index contributed by atoms with van der Waals surface area (Å²) >= 11 is 3.72. The van der Waals surface area contributed by atoms with Crippen LogP contribution in [0.3, 0.4) is 0 Å². The number of benzene rings is 13. The lowest BCUT2D eigenvalue weighted by molar-refractivity contribution is 0.110. The quantitative estimate of drug-likeness (QED) is 0.0339. The fourth-order valence-corrected chi connectivity index (χ4v) is 18.3. The van der Waals surface area contributed by atoms with E-state index in [1.165, 1.54) is 82.1 Å². The second kappa shape index (κ2) is 32.6. The maximum absolute atomic E-state index is 6.30. The monoisotopic (exact) mass is 1460 g/mol. The lowest BCUT2D eigenvalue weighted by Crippen LogP contribution is -2.42. The third kappa shape index (κ3) is 14.2. The van der Waals surface area contributed by atoms with Gasteiger partial charge in [-0.15, -0.1) is 23.5 Å². The number of thioether (sulfide) groups is 2. The first-order chi connectivity index (χ1) is 53.8. The van der Waals surface area contributed by atoms with Gasteiger partial charge in [0, 0.05) is 68.9 Å². The van der Waals surface area contributed by atoms with Gasteiger partial charge in [0.1, 0.15) is 24.7 Å². The summed E-state index contributed by atoms with van der Waals surface area (Å²) in [6.45, 7) is 17.7. The molecule has 0 aliphatic heterocycles. The summed E-state index contributed by atoms with van der Waals surface area (Å²) in [5.41, 5.74) is 26.1. The molecule has 0 amide bonds. The fourth-order valence-electron chi connectivity index (χ4n) is 16.6. The Bertz CT molecular complexity index is 5380. The Morgan fingerprint density at radius 2 is 0.798 bits per heavy atom. The summed E-state index contributed by atoms with van der Waals surface area (Å²) < 4.78 is 23.9. The van der Waals surface area contributed by atoms with Gasteiger partial charge >= 0.3 is 0 Å². The van der Waals surface area contributed by atoms with Crippen molar-refractivity contribution in [3.63, 3.8) is 0 Å². The first-order valence-corrected chi connectivity index (χ1v) is 39.9. The highest BCUT2D eigenvalue weighted by Crippen LogP contribution is 2.61. The largest absolute Gasteiger partial charge is 0.491 e. The molecule has 8 heteroatoms. The third-order valence-corrected chi connectivity index (χ3v) is 23.9. The van der Waals surface area contributed by atoms with Crippen molar-refractivity contribution in [3.05, 3.63) is 419 Å². The van der Waals surface area contributed by atoms with Crippen molar-refractivity contribution in [2.45, 2.75) is 58.9 Å². The van der Waals surface area contributed by atoms with Gasteiger partial charge in [-0.3, -0.25) is 0 Å². The average Bonchev–Trinajstić information content (AvgIpc) is 1.56. The van der Waals surface area contributed by atoms with E-state index < -0.39 is 10.8 Å². The number of hydrogen-bond acceptors (Lipinski definition) is 8. The van der Waals surface area contributed by atoms with E-state index in [0.29, 0.717) is 39.6 Å². The summed E-state index contributed by atoms with van der Waals surface area (Å²) in [4.78, 5) is 7.40. The van der Waals surface area contributed by atoms with E-state index in [1.807, 2.05) is 49.5 Å². The molecule has 0 radical (unpaired) electrons. The highest BCUT2D eigenvalue weighted by molar-refractivity contribution is 7.98. The van der Waals surface area contributed by atoms with E-state index in [2.05, 4.69) is 364 Å². The van der Waals surface area contributed by atoms with Crippen LogP contribution in [0.2, 0.25) is 0 Å². The molecule has 0 spiro atoms. The predicted molar refractivity (Wildman–Crippen MR) is 457 cm³/mol. The maximum atomic E-state index is 6.30. The van der Waals surface area contributed by atoms with Gasteiger partial charge < -0.3 is 28.7 Å². The molecule has 3 aliphatic carbocycles. The Morgan fingerprint density at radius 3 is 1.30 bits per heavy atom. The molecule has 538 valence electrons. The molecule has 0 saturated heterocycles. The van der Waals surface area contributed by atoms with Crippen LogP contribution >= 0.6 is 23.5 Å². The number of hydrogen-bond donors (Lipinski definition) is 0. The van der Waals surface area contributed by atoms with Gasteiger partial charge in [0.2, 0.25) is 0 Å². The zero-order valence-corrected chi connectivity index (χ0v) is 63.6. The van der Waals surface area contributed by atoms with Crippen LogP contribution in [0.1, 0.15) is 87.5 Å². The normalized spacial score (nSPS) is 16.5. The minimum Gasteiger partial charge on any atom is -0.491 e. The Kier molecular flexibility index (Phi) is 21.5. The molecule has 6 nitrogen and oxygen atoms in total. The third-order valence-electron chi connectivity index (χ3n) is 21.8.